The molecule has 0 spiro atoms. The standard InChI is InChI=1S/C6H5NO3/c8-5(4-7-9)6-2-1-3-10-6/h1-4,9H/b7-4-. The first kappa shape index (κ1) is 6.54. The summed E-state index contributed by atoms with van der Waals surface area (Å²) in [6, 6.07) is 3.07. The molecule has 1 N–H and O–H groups in total. The van der Waals surface area contributed by atoms with Gasteiger partial charge >= 0.3 is 0 Å². The van der Waals surface area contributed by atoms with Gasteiger partial charge in [-0.05, 0) is 12.1 Å². The van der Waals surface area contributed by atoms with Crippen molar-refractivity contribution in [2.75, 3.05) is 0 Å². The SMILES string of the molecule is O=C(/C=N\O)c1ccco1. The summed E-state index contributed by atoms with van der Waals surface area (Å²) in [5.74, 6) is -0.287. The Hall–Kier alpha value is -1.58. The van der Waals surface area contributed by atoms with E-state index in [4.69, 9.17) is 9.62 Å². The minimum absolute atomic E-state index is 0.165. The summed E-state index contributed by atoms with van der Waals surface area (Å²) in [4.78, 5) is 10.7. The molecular weight excluding hydrogens is 134 g/mol. The van der Waals surface area contributed by atoms with Gasteiger partial charge in [-0.2, -0.15) is 0 Å². The maximum atomic E-state index is 10.7. The predicted molar refractivity (Wildman–Crippen MR) is 33.3 cm³/mol. The predicted octanol–water partition coefficient (Wildman–Crippen LogP) is 0.922. The number of nitrogens with zero attached hydrogens (tertiary/aromatic N) is 1. The fourth-order valence-electron chi connectivity index (χ4n) is 0.535. The molecule has 4 heteroatoms. The molecule has 0 amide bonds. The highest BCUT2D eigenvalue weighted by atomic mass is 16.4. The Labute approximate surface area is 56.8 Å². The van der Waals surface area contributed by atoms with Crippen molar-refractivity contribution in [2.45, 2.75) is 0 Å². The third kappa shape index (κ3) is 1.22. The lowest BCUT2D eigenvalue weighted by Crippen LogP contribution is -1.96. The lowest BCUT2D eigenvalue weighted by Gasteiger charge is -1.82. The monoisotopic (exact) mass is 139 g/mol. The number of carbonyl (C=O) groups excluding carboxylic acids is 1. The molecule has 0 aromatic carbocycles. The number of carbonyl (C=O) groups is 1. The van der Waals surface area contributed by atoms with Crippen LogP contribution < -0.4 is 0 Å². The molecule has 1 aromatic heterocycles. The molecule has 0 fully saturated rings. The first-order valence-corrected chi connectivity index (χ1v) is 2.60. The summed E-state index contributed by atoms with van der Waals surface area (Å²) >= 11 is 0. The molecule has 1 heterocycles. The van der Waals surface area contributed by atoms with E-state index in [9.17, 15) is 4.79 Å². The van der Waals surface area contributed by atoms with Crippen molar-refractivity contribution in [3.8, 4) is 0 Å². The van der Waals surface area contributed by atoms with Crippen molar-refractivity contribution in [3.63, 3.8) is 0 Å². The fraction of sp³-hybridized carbons (Fsp3) is 0. The second-order valence-corrected chi connectivity index (χ2v) is 1.59. The highest BCUT2D eigenvalue weighted by molar-refractivity contribution is 6.34. The van der Waals surface area contributed by atoms with E-state index >= 15 is 0 Å². The number of hydrogen-bond donors (Lipinski definition) is 1. The molecule has 0 saturated heterocycles. The van der Waals surface area contributed by atoms with Gasteiger partial charge in [-0.15, -0.1) is 0 Å². The lowest BCUT2D eigenvalue weighted by molar-refractivity contribution is 0.104. The first-order valence-electron chi connectivity index (χ1n) is 2.60. The van der Waals surface area contributed by atoms with Crippen LogP contribution in [0.4, 0.5) is 0 Å². The van der Waals surface area contributed by atoms with E-state index in [1.54, 1.807) is 6.07 Å². The quantitative estimate of drug-likeness (QED) is 0.287. The van der Waals surface area contributed by atoms with Crippen LogP contribution >= 0.6 is 0 Å². The Morgan fingerprint density at radius 1 is 1.80 bits per heavy atom. The molecule has 0 atom stereocenters. The van der Waals surface area contributed by atoms with Crippen LogP contribution in [0, 0.1) is 0 Å². The summed E-state index contributed by atoms with van der Waals surface area (Å²) in [6.07, 6.45) is 2.15. The Balaban J connectivity index is 2.78. The molecule has 1 rings (SSSR count). The van der Waals surface area contributed by atoms with Crippen LogP contribution in [0.15, 0.2) is 28.0 Å². The summed E-state index contributed by atoms with van der Waals surface area (Å²) < 4.78 is 4.70. The van der Waals surface area contributed by atoms with E-state index in [0.29, 0.717) is 0 Å². The summed E-state index contributed by atoms with van der Waals surface area (Å²) in [5, 5.41) is 10.5. The van der Waals surface area contributed by atoms with Crippen LogP contribution in [0.1, 0.15) is 10.6 Å². The average Bonchev–Trinajstić information content (AvgIpc) is 2.38. The van der Waals surface area contributed by atoms with Gasteiger partial charge in [0.15, 0.2) is 5.76 Å². The number of rotatable bonds is 2. The summed E-state index contributed by atoms with van der Waals surface area (Å²) in [5.41, 5.74) is 0. The van der Waals surface area contributed by atoms with Crippen LogP contribution in [0.5, 0.6) is 0 Å². The second-order valence-electron chi connectivity index (χ2n) is 1.59. The van der Waals surface area contributed by atoms with Crippen molar-refractivity contribution < 1.29 is 14.4 Å². The molecule has 1 aromatic rings. The van der Waals surface area contributed by atoms with E-state index in [-0.39, 0.29) is 5.76 Å². The average molecular weight is 139 g/mol. The molecule has 0 saturated carbocycles. The molecule has 0 radical (unpaired) electrons. The molecule has 10 heavy (non-hydrogen) atoms. The summed E-state index contributed by atoms with van der Waals surface area (Å²) in [6.45, 7) is 0. The maximum Gasteiger partial charge on any atom is 0.242 e. The van der Waals surface area contributed by atoms with Gasteiger partial charge in [0.25, 0.3) is 0 Å². The van der Waals surface area contributed by atoms with Gasteiger partial charge in [0, 0.05) is 0 Å². The Morgan fingerprint density at radius 2 is 2.60 bits per heavy atom. The van der Waals surface area contributed by atoms with Gasteiger partial charge in [0.2, 0.25) is 5.78 Å². The van der Waals surface area contributed by atoms with Crippen molar-refractivity contribution in [1.82, 2.24) is 0 Å². The molecule has 0 unspecified atom stereocenters. The van der Waals surface area contributed by atoms with E-state index in [2.05, 4.69) is 5.16 Å². The Morgan fingerprint density at radius 3 is 3.10 bits per heavy atom. The molecule has 0 aliphatic carbocycles. The third-order valence-corrected chi connectivity index (χ3v) is 0.939. The molecule has 0 aliphatic rings. The van der Waals surface area contributed by atoms with Crippen LogP contribution in [-0.2, 0) is 0 Å². The van der Waals surface area contributed by atoms with Gasteiger partial charge in [-0.1, -0.05) is 5.16 Å². The number of furan rings is 1. The molecule has 0 aliphatic heterocycles. The topological polar surface area (TPSA) is 62.8 Å². The normalized spacial score (nSPS) is 10.4. The highest BCUT2D eigenvalue weighted by Crippen LogP contribution is 1.98. The third-order valence-electron chi connectivity index (χ3n) is 0.939. The van der Waals surface area contributed by atoms with E-state index in [0.717, 1.165) is 6.21 Å². The highest BCUT2D eigenvalue weighted by Gasteiger charge is 2.03. The van der Waals surface area contributed by atoms with Gasteiger partial charge in [-0.25, -0.2) is 0 Å². The van der Waals surface area contributed by atoms with Crippen LogP contribution in [0.2, 0.25) is 0 Å². The van der Waals surface area contributed by atoms with E-state index < -0.39 is 5.78 Å². The number of ketones is 1. The largest absolute Gasteiger partial charge is 0.461 e. The second kappa shape index (κ2) is 2.82. The van der Waals surface area contributed by atoms with E-state index in [1.165, 1.54) is 12.3 Å². The number of oxime groups is 1. The fourth-order valence-corrected chi connectivity index (χ4v) is 0.535. The Bertz CT molecular complexity index is 238. The van der Waals surface area contributed by atoms with Crippen LogP contribution in [0.25, 0.3) is 0 Å². The van der Waals surface area contributed by atoms with Crippen LogP contribution in [0.3, 0.4) is 0 Å². The Kier molecular flexibility index (Phi) is 1.84. The molecule has 4 nitrogen and oxygen atoms in total. The van der Waals surface area contributed by atoms with E-state index in [1.807, 2.05) is 0 Å². The van der Waals surface area contributed by atoms with Crippen molar-refractivity contribution >= 4 is 12.0 Å². The maximum absolute atomic E-state index is 10.7. The molecular formula is C6H5NO3. The molecule has 0 bridgehead atoms. The van der Waals surface area contributed by atoms with Gasteiger partial charge in [-0.3, -0.25) is 4.79 Å². The minimum atomic E-state index is -0.451. The smallest absolute Gasteiger partial charge is 0.242 e. The number of hydrogen-bond acceptors (Lipinski definition) is 4. The van der Waals surface area contributed by atoms with Crippen molar-refractivity contribution in [2.24, 2.45) is 5.16 Å². The zero-order chi connectivity index (χ0) is 7.40. The molecule has 52 valence electrons. The van der Waals surface area contributed by atoms with Gasteiger partial charge in [0.05, 0.1) is 6.26 Å². The zero-order valence-corrected chi connectivity index (χ0v) is 5.02. The lowest BCUT2D eigenvalue weighted by atomic mass is 10.3. The zero-order valence-electron chi connectivity index (χ0n) is 5.02. The van der Waals surface area contributed by atoms with Gasteiger partial charge < -0.3 is 9.62 Å². The first-order chi connectivity index (χ1) is 4.84. The number of Topliss-reactive ketones (excluding diaryl/α,β-unsaturated/α-hetero) is 1. The summed E-state index contributed by atoms with van der Waals surface area (Å²) in [7, 11) is 0. The van der Waals surface area contributed by atoms with Crippen molar-refractivity contribution in [3.05, 3.63) is 24.2 Å². The van der Waals surface area contributed by atoms with Crippen LogP contribution in [-0.4, -0.2) is 17.2 Å². The van der Waals surface area contributed by atoms with Gasteiger partial charge in [0.1, 0.15) is 6.21 Å². The van der Waals surface area contributed by atoms with Crippen molar-refractivity contribution in [1.29, 1.82) is 0 Å². The minimum Gasteiger partial charge on any atom is -0.461 e.